The van der Waals surface area contributed by atoms with E-state index >= 15 is 0 Å². The fraction of sp³-hybridized carbons (Fsp3) is 0.300. The summed E-state index contributed by atoms with van der Waals surface area (Å²) < 4.78 is 13.2. The largest absolute Gasteiger partial charge is 0.298 e. The molecule has 0 saturated carbocycles. The summed E-state index contributed by atoms with van der Waals surface area (Å²) in [5, 5.41) is 7.45. The van der Waals surface area contributed by atoms with Crippen LogP contribution in [0.4, 0.5) is 4.39 Å². The number of piperidine rings is 1. The Morgan fingerprint density at radius 1 is 1.16 bits per heavy atom. The molecule has 5 heteroatoms. The number of nitrogens with zero attached hydrogens (tertiary/aromatic N) is 3. The molecule has 1 aliphatic heterocycles. The first-order valence-electron chi connectivity index (χ1n) is 8.70. The van der Waals surface area contributed by atoms with E-state index in [1.165, 1.54) is 17.7 Å². The normalized spacial score (nSPS) is 18.4. The number of aromatic nitrogens is 3. The van der Waals surface area contributed by atoms with Gasteiger partial charge in [-0.3, -0.25) is 15.0 Å². The molecule has 128 valence electrons. The van der Waals surface area contributed by atoms with E-state index in [1.54, 1.807) is 0 Å². The number of rotatable bonds is 4. The van der Waals surface area contributed by atoms with Crippen LogP contribution in [0.3, 0.4) is 0 Å². The summed E-state index contributed by atoms with van der Waals surface area (Å²) in [4.78, 5) is 6.68. The zero-order valence-electron chi connectivity index (χ0n) is 14.0. The van der Waals surface area contributed by atoms with Gasteiger partial charge in [-0.1, -0.05) is 18.2 Å². The van der Waals surface area contributed by atoms with Gasteiger partial charge in [0.05, 0.1) is 6.20 Å². The maximum Gasteiger partial charge on any atom is 0.123 e. The zero-order chi connectivity index (χ0) is 17.1. The van der Waals surface area contributed by atoms with Crippen molar-refractivity contribution in [2.45, 2.75) is 25.3 Å². The van der Waals surface area contributed by atoms with E-state index in [9.17, 15) is 4.39 Å². The highest BCUT2D eigenvalue weighted by molar-refractivity contribution is 5.65. The Balaban J connectivity index is 1.52. The van der Waals surface area contributed by atoms with Crippen molar-refractivity contribution in [3.63, 3.8) is 0 Å². The molecule has 2 aromatic heterocycles. The third-order valence-electron chi connectivity index (χ3n) is 4.87. The Kier molecular flexibility index (Phi) is 4.57. The van der Waals surface area contributed by atoms with Crippen molar-refractivity contribution in [1.82, 2.24) is 20.1 Å². The predicted molar refractivity (Wildman–Crippen MR) is 95.5 cm³/mol. The van der Waals surface area contributed by atoms with Crippen molar-refractivity contribution in [3.05, 3.63) is 72.1 Å². The van der Waals surface area contributed by atoms with Crippen LogP contribution in [0.2, 0.25) is 0 Å². The Morgan fingerprint density at radius 2 is 2.04 bits per heavy atom. The van der Waals surface area contributed by atoms with Crippen LogP contribution in [-0.2, 0) is 6.54 Å². The topological polar surface area (TPSA) is 44.8 Å². The third-order valence-corrected chi connectivity index (χ3v) is 4.87. The maximum atomic E-state index is 13.2. The van der Waals surface area contributed by atoms with Gasteiger partial charge in [0.2, 0.25) is 0 Å². The van der Waals surface area contributed by atoms with E-state index in [0.717, 1.165) is 49.3 Å². The van der Waals surface area contributed by atoms with Crippen molar-refractivity contribution in [2.75, 3.05) is 13.1 Å². The molecule has 4 nitrogen and oxygen atoms in total. The predicted octanol–water partition coefficient (Wildman–Crippen LogP) is 3.99. The molecule has 0 unspecified atom stereocenters. The third kappa shape index (κ3) is 3.61. The number of hydrogen-bond acceptors (Lipinski definition) is 3. The Bertz CT molecular complexity index is 813. The lowest BCUT2D eigenvalue weighted by Gasteiger charge is -2.32. The number of halogens is 1. The molecule has 1 aromatic carbocycles. The minimum atomic E-state index is -0.214. The number of nitrogens with one attached hydrogen (secondary N) is 1. The van der Waals surface area contributed by atoms with Gasteiger partial charge in [0.25, 0.3) is 0 Å². The number of aromatic amines is 1. The quantitative estimate of drug-likeness (QED) is 0.783. The number of pyridine rings is 1. The second-order valence-electron chi connectivity index (χ2n) is 6.64. The number of benzene rings is 1. The first kappa shape index (κ1) is 16.0. The molecule has 0 bridgehead atoms. The first-order valence-corrected chi connectivity index (χ1v) is 8.70. The van der Waals surface area contributed by atoms with Gasteiger partial charge in [0, 0.05) is 42.7 Å². The van der Waals surface area contributed by atoms with Gasteiger partial charge in [0.15, 0.2) is 0 Å². The highest BCUT2D eigenvalue weighted by atomic mass is 19.1. The van der Waals surface area contributed by atoms with Crippen molar-refractivity contribution in [1.29, 1.82) is 0 Å². The van der Waals surface area contributed by atoms with Crippen LogP contribution in [0.1, 0.15) is 30.0 Å². The molecule has 3 heterocycles. The van der Waals surface area contributed by atoms with Crippen LogP contribution in [0, 0.1) is 5.82 Å². The second-order valence-corrected chi connectivity index (χ2v) is 6.64. The van der Waals surface area contributed by atoms with E-state index in [0.29, 0.717) is 5.92 Å². The Labute approximate surface area is 146 Å². The molecule has 1 aliphatic rings. The average Bonchev–Trinajstić information content (AvgIpc) is 3.13. The highest BCUT2D eigenvalue weighted by Crippen LogP contribution is 2.33. The van der Waals surface area contributed by atoms with Crippen LogP contribution in [0.15, 0.2) is 55.0 Å². The minimum Gasteiger partial charge on any atom is -0.298 e. The lowest BCUT2D eigenvalue weighted by Crippen LogP contribution is -2.34. The van der Waals surface area contributed by atoms with Crippen molar-refractivity contribution >= 4 is 0 Å². The van der Waals surface area contributed by atoms with Crippen LogP contribution >= 0.6 is 0 Å². The molecule has 0 radical (unpaired) electrons. The van der Waals surface area contributed by atoms with Gasteiger partial charge in [-0.2, -0.15) is 5.10 Å². The van der Waals surface area contributed by atoms with Gasteiger partial charge in [-0.25, -0.2) is 4.39 Å². The molecule has 1 saturated heterocycles. The van der Waals surface area contributed by atoms with Gasteiger partial charge in [-0.05, 0) is 48.7 Å². The molecule has 1 N–H and O–H groups in total. The molecule has 3 aromatic rings. The first-order chi connectivity index (χ1) is 12.3. The summed E-state index contributed by atoms with van der Waals surface area (Å²) in [6, 6.07) is 10.7. The zero-order valence-corrected chi connectivity index (χ0v) is 14.0. The Hall–Kier alpha value is -2.53. The molecule has 0 aliphatic carbocycles. The standard InChI is InChI=1S/C20H21FN4/c21-18-7-5-16(6-8-18)19-12-23-24-20(19)17-4-2-10-25(14-17)13-15-3-1-9-22-11-15/h1,3,5-9,11-12,17H,2,4,10,13-14H2,(H,23,24)/t17-/m0/s1. The van der Waals surface area contributed by atoms with Crippen LogP contribution < -0.4 is 0 Å². The van der Waals surface area contributed by atoms with Crippen molar-refractivity contribution in [3.8, 4) is 11.1 Å². The van der Waals surface area contributed by atoms with E-state index in [1.807, 2.05) is 36.8 Å². The smallest absolute Gasteiger partial charge is 0.123 e. The molecule has 0 spiro atoms. The summed E-state index contributed by atoms with van der Waals surface area (Å²) in [7, 11) is 0. The van der Waals surface area contributed by atoms with Crippen LogP contribution in [0.25, 0.3) is 11.1 Å². The van der Waals surface area contributed by atoms with E-state index in [-0.39, 0.29) is 5.82 Å². The van der Waals surface area contributed by atoms with Gasteiger partial charge >= 0.3 is 0 Å². The van der Waals surface area contributed by atoms with Gasteiger partial charge in [0.1, 0.15) is 5.82 Å². The molecule has 0 amide bonds. The number of H-pyrrole nitrogens is 1. The van der Waals surface area contributed by atoms with E-state index in [2.05, 4.69) is 26.1 Å². The Morgan fingerprint density at radius 3 is 2.84 bits per heavy atom. The lowest BCUT2D eigenvalue weighted by molar-refractivity contribution is 0.198. The van der Waals surface area contributed by atoms with E-state index in [4.69, 9.17) is 0 Å². The molecule has 25 heavy (non-hydrogen) atoms. The lowest BCUT2D eigenvalue weighted by atomic mass is 9.90. The van der Waals surface area contributed by atoms with Crippen LogP contribution in [0.5, 0.6) is 0 Å². The molecular weight excluding hydrogens is 315 g/mol. The monoisotopic (exact) mass is 336 g/mol. The number of hydrogen-bond donors (Lipinski definition) is 1. The molecule has 1 fully saturated rings. The molecule has 1 atom stereocenters. The second kappa shape index (κ2) is 7.15. The van der Waals surface area contributed by atoms with Gasteiger partial charge in [-0.15, -0.1) is 0 Å². The summed E-state index contributed by atoms with van der Waals surface area (Å²) >= 11 is 0. The van der Waals surface area contributed by atoms with E-state index < -0.39 is 0 Å². The van der Waals surface area contributed by atoms with Crippen molar-refractivity contribution < 1.29 is 4.39 Å². The fourth-order valence-corrected chi connectivity index (χ4v) is 3.65. The summed E-state index contributed by atoms with van der Waals surface area (Å²) in [6.45, 7) is 3.01. The highest BCUT2D eigenvalue weighted by Gasteiger charge is 2.25. The average molecular weight is 336 g/mol. The summed E-state index contributed by atoms with van der Waals surface area (Å²) in [6.07, 6.45) is 7.89. The SMILES string of the molecule is Fc1ccc(-c2cn[nH]c2[C@H]2CCCN(Cc3cccnc3)C2)cc1. The summed E-state index contributed by atoms with van der Waals surface area (Å²) in [5.74, 6) is 0.196. The fourth-order valence-electron chi connectivity index (χ4n) is 3.65. The number of likely N-dealkylation sites (tertiary alicyclic amines) is 1. The van der Waals surface area contributed by atoms with Crippen LogP contribution in [-0.4, -0.2) is 33.2 Å². The van der Waals surface area contributed by atoms with Crippen molar-refractivity contribution in [2.24, 2.45) is 0 Å². The minimum absolute atomic E-state index is 0.214. The summed E-state index contributed by atoms with van der Waals surface area (Å²) in [5.41, 5.74) is 4.48. The molecule has 4 rings (SSSR count). The van der Waals surface area contributed by atoms with Gasteiger partial charge < -0.3 is 0 Å². The molecular formula is C20H21FN4. The maximum absolute atomic E-state index is 13.2.